The van der Waals surface area contributed by atoms with Crippen LogP contribution in [0.15, 0.2) is 47.4 Å². The van der Waals surface area contributed by atoms with Crippen molar-refractivity contribution in [1.82, 2.24) is 0 Å². The van der Waals surface area contributed by atoms with Crippen molar-refractivity contribution in [2.75, 3.05) is 6.26 Å². The van der Waals surface area contributed by atoms with Crippen LogP contribution in [0.4, 0.5) is 0 Å². The van der Waals surface area contributed by atoms with Crippen LogP contribution in [-0.2, 0) is 6.42 Å². The van der Waals surface area contributed by atoms with Gasteiger partial charge in [-0.05, 0) is 35.6 Å². The highest BCUT2D eigenvalue weighted by Crippen LogP contribution is 2.29. The maximum absolute atomic E-state index is 10.2. The number of thioether (sulfide) groups is 1. The van der Waals surface area contributed by atoms with Crippen LogP contribution in [0.25, 0.3) is 0 Å². The quantitative estimate of drug-likeness (QED) is 0.802. The first-order valence-corrected chi connectivity index (χ1v) is 7.85. The van der Waals surface area contributed by atoms with E-state index in [1.54, 1.807) is 17.8 Å². The third kappa shape index (κ3) is 3.67. The normalized spacial score (nSPS) is 12.4. The van der Waals surface area contributed by atoms with Crippen molar-refractivity contribution >= 4 is 35.0 Å². The lowest BCUT2D eigenvalue weighted by Crippen LogP contribution is -2.02. The molecule has 100 valence electrons. The molecular formula is C15H14Cl2OS. The zero-order valence-corrected chi connectivity index (χ0v) is 12.8. The van der Waals surface area contributed by atoms with Gasteiger partial charge in [-0.1, -0.05) is 47.5 Å². The van der Waals surface area contributed by atoms with E-state index in [0.717, 1.165) is 11.1 Å². The molecule has 0 spiro atoms. The lowest BCUT2D eigenvalue weighted by atomic mass is 10.0. The topological polar surface area (TPSA) is 20.2 Å². The van der Waals surface area contributed by atoms with Gasteiger partial charge in [-0.25, -0.2) is 0 Å². The Morgan fingerprint density at radius 2 is 1.79 bits per heavy atom. The zero-order valence-electron chi connectivity index (χ0n) is 10.4. The van der Waals surface area contributed by atoms with Crippen molar-refractivity contribution in [2.45, 2.75) is 17.4 Å². The number of hydrogen-bond donors (Lipinski definition) is 1. The van der Waals surface area contributed by atoms with Gasteiger partial charge in [0.1, 0.15) is 0 Å². The van der Waals surface area contributed by atoms with Crippen LogP contribution in [0.2, 0.25) is 10.0 Å². The van der Waals surface area contributed by atoms with E-state index in [2.05, 4.69) is 0 Å². The third-order valence-electron chi connectivity index (χ3n) is 2.95. The average Bonchev–Trinajstić information content (AvgIpc) is 2.44. The molecule has 0 aliphatic heterocycles. The van der Waals surface area contributed by atoms with Gasteiger partial charge in [-0.3, -0.25) is 0 Å². The van der Waals surface area contributed by atoms with Crippen molar-refractivity contribution in [1.29, 1.82) is 0 Å². The number of hydrogen-bond acceptors (Lipinski definition) is 2. The summed E-state index contributed by atoms with van der Waals surface area (Å²) in [5.41, 5.74) is 1.74. The molecule has 2 aromatic rings. The van der Waals surface area contributed by atoms with Gasteiger partial charge >= 0.3 is 0 Å². The van der Waals surface area contributed by atoms with Gasteiger partial charge in [0.2, 0.25) is 0 Å². The molecular weight excluding hydrogens is 299 g/mol. The van der Waals surface area contributed by atoms with Crippen molar-refractivity contribution in [3.8, 4) is 0 Å². The highest BCUT2D eigenvalue weighted by atomic mass is 35.5. The number of rotatable bonds is 4. The number of halogens is 2. The van der Waals surface area contributed by atoms with E-state index in [1.165, 1.54) is 4.90 Å². The van der Waals surface area contributed by atoms with Gasteiger partial charge in [0.15, 0.2) is 0 Å². The Bertz CT molecular complexity index is 555. The summed E-state index contributed by atoms with van der Waals surface area (Å²) >= 11 is 13.8. The predicted molar refractivity (Wildman–Crippen MR) is 83.3 cm³/mol. The number of aliphatic hydroxyl groups excluding tert-OH is 1. The SMILES string of the molecule is CSc1ccc(C(O)Cc2cccc(Cl)c2Cl)cc1. The minimum atomic E-state index is -0.577. The summed E-state index contributed by atoms with van der Waals surface area (Å²) in [6.07, 6.45) is 1.90. The first-order chi connectivity index (χ1) is 9.11. The predicted octanol–water partition coefficient (Wildman–Crippen LogP) is 4.99. The van der Waals surface area contributed by atoms with Crippen LogP contribution < -0.4 is 0 Å². The first-order valence-electron chi connectivity index (χ1n) is 5.86. The van der Waals surface area contributed by atoms with E-state index in [1.807, 2.05) is 42.7 Å². The van der Waals surface area contributed by atoms with Crippen molar-refractivity contribution in [2.24, 2.45) is 0 Å². The lowest BCUT2D eigenvalue weighted by Gasteiger charge is -2.13. The maximum atomic E-state index is 10.2. The van der Waals surface area contributed by atoms with Crippen LogP contribution in [0.1, 0.15) is 17.2 Å². The van der Waals surface area contributed by atoms with Crippen LogP contribution in [0, 0.1) is 0 Å². The molecule has 2 rings (SSSR count). The molecule has 0 fully saturated rings. The second-order valence-electron chi connectivity index (χ2n) is 4.21. The second kappa shape index (κ2) is 6.67. The molecule has 2 aromatic carbocycles. The second-order valence-corrected chi connectivity index (χ2v) is 5.87. The largest absolute Gasteiger partial charge is 0.388 e. The fourth-order valence-electron chi connectivity index (χ4n) is 1.86. The Labute approximate surface area is 127 Å². The fourth-order valence-corrected chi connectivity index (χ4v) is 2.66. The summed E-state index contributed by atoms with van der Waals surface area (Å²) in [5, 5.41) is 11.3. The van der Waals surface area contributed by atoms with Crippen LogP contribution in [-0.4, -0.2) is 11.4 Å². The average molecular weight is 313 g/mol. The Balaban J connectivity index is 2.15. The monoisotopic (exact) mass is 312 g/mol. The van der Waals surface area contributed by atoms with Gasteiger partial charge in [-0.2, -0.15) is 0 Å². The number of benzene rings is 2. The van der Waals surface area contributed by atoms with E-state index in [0.29, 0.717) is 16.5 Å². The molecule has 0 aliphatic carbocycles. The molecule has 4 heteroatoms. The highest BCUT2D eigenvalue weighted by Gasteiger charge is 2.12. The van der Waals surface area contributed by atoms with Crippen LogP contribution >= 0.6 is 35.0 Å². The Morgan fingerprint density at radius 3 is 2.42 bits per heavy atom. The molecule has 0 saturated carbocycles. The molecule has 0 bridgehead atoms. The minimum Gasteiger partial charge on any atom is -0.388 e. The fraction of sp³-hybridized carbons (Fsp3) is 0.200. The highest BCUT2D eigenvalue weighted by molar-refractivity contribution is 7.98. The summed E-state index contributed by atoms with van der Waals surface area (Å²) in [7, 11) is 0. The Morgan fingerprint density at radius 1 is 1.11 bits per heavy atom. The van der Waals surface area contributed by atoms with E-state index < -0.39 is 6.10 Å². The summed E-state index contributed by atoms with van der Waals surface area (Å²) < 4.78 is 0. The maximum Gasteiger partial charge on any atom is 0.0830 e. The molecule has 0 amide bonds. The zero-order chi connectivity index (χ0) is 13.8. The molecule has 1 N–H and O–H groups in total. The van der Waals surface area contributed by atoms with Crippen molar-refractivity contribution < 1.29 is 5.11 Å². The summed E-state index contributed by atoms with van der Waals surface area (Å²) in [5.74, 6) is 0. The molecule has 19 heavy (non-hydrogen) atoms. The Kier molecular flexibility index (Phi) is 5.17. The minimum absolute atomic E-state index is 0.456. The van der Waals surface area contributed by atoms with Crippen molar-refractivity contribution in [3.63, 3.8) is 0 Å². The first kappa shape index (κ1) is 14.7. The van der Waals surface area contributed by atoms with E-state index in [9.17, 15) is 5.11 Å². The molecule has 1 nitrogen and oxygen atoms in total. The summed E-state index contributed by atoms with van der Waals surface area (Å²) in [4.78, 5) is 1.18. The summed E-state index contributed by atoms with van der Waals surface area (Å²) in [6.45, 7) is 0. The van der Waals surface area contributed by atoms with E-state index >= 15 is 0 Å². The smallest absolute Gasteiger partial charge is 0.0830 e. The van der Waals surface area contributed by atoms with Gasteiger partial charge in [-0.15, -0.1) is 11.8 Å². The number of aliphatic hydroxyl groups is 1. The lowest BCUT2D eigenvalue weighted by molar-refractivity contribution is 0.178. The molecule has 0 heterocycles. The standard InChI is InChI=1S/C15H14Cl2OS/c1-19-12-7-5-10(6-8-12)14(18)9-11-3-2-4-13(16)15(11)17/h2-8,14,18H,9H2,1H3. The van der Waals surface area contributed by atoms with Crippen molar-refractivity contribution in [3.05, 3.63) is 63.6 Å². The van der Waals surface area contributed by atoms with Crippen LogP contribution in [0.3, 0.4) is 0 Å². The Hall–Kier alpha value is -0.670. The van der Waals surface area contributed by atoms with E-state index in [4.69, 9.17) is 23.2 Å². The molecule has 0 aromatic heterocycles. The van der Waals surface area contributed by atoms with Gasteiger partial charge < -0.3 is 5.11 Å². The molecule has 0 saturated heterocycles. The van der Waals surface area contributed by atoms with Gasteiger partial charge in [0, 0.05) is 11.3 Å². The molecule has 0 aliphatic rings. The van der Waals surface area contributed by atoms with Gasteiger partial charge in [0.05, 0.1) is 16.1 Å². The van der Waals surface area contributed by atoms with Crippen LogP contribution in [0.5, 0.6) is 0 Å². The molecule has 1 unspecified atom stereocenters. The van der Waals surface area contributed by atoms with Gasteiger partial charge in [0.25, 0.3) is 0 Å². The third-order valence-corrected chi connectivity index (χ3v) is 4.55. The van der Waals surface area contributed by atoms with E-state index in [-0.39, 0.29) is 0 Å². The molecule has 1 atom stereocenters. The summed E-state index contributed by atoms with van der Waals surface area (Å²) in [6, 6.07) is 13.4. The molecule has 0 radical (unpaired) electrons.